The van der Waals surface area contributed by atoms with Crippen LogP contribution in [0.1, 0.15) is 40.7 Å². The average molecular weight is 479 g/mol. The molecule has 2 heterocycles. The zero-order valence-corrected chi connectivity index (χ0v) is 20.6. The molecule has 178 valence electrons. The van der Waals surface area contributed by atoms with Crippen molar-refractivity contribution in [3.63, 3.8) is 0 Å². The van der Waals surface area contributed by atoms with E-state index in [0.717, 1.165) is 17.7 Å². The smallest absolute Gasteiger partial charge is 0.254 e. The summed E-state index contributed by atoms with van der Waals surface area (Å²) in [6, 6.07) is 18.4. The predicted molar refractivity (Wildman–Crippen MR) is 134 cm³/mol. The van der Waals surface area contributed by atoms with Gasteiger partial charge in [-0.3, -0.25) is 9.59 Å². The number of benzene rings is 2. The summed E-state index contributed by atoms with van der Waals surface area (Å²) in [6.07, 6.45) is 0.812. The van der Waals surface area contributed by atoms with Crippen LogP contribution in [0.15, 0.2) is 66.0 Å². The molecular formula is C27H30N2O4S. The van der Waals surface area contributed by atoms with Gasteiger partial charge < -0.3 is 19.3 Å². The van der Waals surface area contributed by atoms with Crippen LogP contribution in [0.2, 0.25) is 0 Å². The second-order valence-corrected chi connectivity index (χ2v) is 9.54. The topological polar surface area (TPSA) is 59.1 Å². The normalized spacial score (nSPS) is 15.1. The minimum absolute atomic E-state index is 0.00895. The van der Waals surface area contributed by atoms with Crippen LogP contribution in [-0.2, 0) is 11.2 Å². The third-order valence-corrected chi connectivity index (χ3v) is 7.07. The van der Waals surface area contributed by atoms with Gasteiger partial charge in [-0.2, -0.15) is 0 Å². The molecule has 0 aliphatic carbocycles. The number of ether oxygens (including phenoxy) is 2. The first kappa shape index (κ1) is 23.8. The van der Waals surface area contributed by atoms with Crippen molar-refractivity contribution in [3.05, 3.63) is 82.0 Å². The van der Waals surface area contributed by atoms with Gasteiger partial charge in [0.25, 0.3) is 5.91 Å². The summed E-state index contributed by atoms with van der Waals surface area (Å²) >= 11 is 1.72. The maximum atomic E-state index is 13.6. The lowest BCUT2D eigenvalue weighted by Gasteiger charge is -2.37. The lowest BCUT2D eigenvalue weighted by atomic mass is 10.00. The molecule has 2 amide bonds. The second-order valence-electron chi connectivity index (χ2n) is 8.53. The van der Waals surface area contributed by atoms with Crippen molar-refractivity contribution in [2.45, 2.75) is 32.4 Å². The molecule has 0 fully saturated rings. The number of fused-ring (bicyclic) bond motifs is 1. The molecule has 34 heavy (non-hydrogen) atoms. The highest BCUT2D eigenvalue weighted by atomic mass is 32.1. The molecule has 1 aliphatic rings. The molecular weight excluding hydrogens is 448 g/mol. The molecule has 0 N–H and O–H groups in total. The minimum Gasteiger partial charge on any atom is -0.497 e. The number of hydrogen-bond donors (Lipinski definition) is 0. The first-order valence-electron chi connectivity index (χ1n) is 11.5. The van der Waals surface area contributed by atoms with Gasteiger partial charge in [-0.15, -0.1) is 11.3 Å². The molecule has 2 aromatic carbocycles. The van der Waals surface area contributed by atoms with Gasteiger partial charge in [-0.25, -0.2) is 0 Å². The van der Waals surface area contributed by atoms with Crippen molar-refractivity contribution >= 4 is 23.2 Å². The highest BCUT2D eigenvalue weighted by Crippen LogP contribution is 2.34. The van der Waals surface area contributed by atoms with Crippen molar-refractivity contribution in [3.8, 4) is 11.5 Å². The monoisotopic (exact) mass is 478 g/mol. The Morgan fingerprint density at radius 1 is 1.09 bits per heavy atom. The molecule has 0 spiro atoms. The number of thiophene rings is 1. The molecule has 3 aromatic rings. The van der Waals surface area contributed by atoms with Gasteiger partial charge in [0.2, 0.25) is 5.91 Å². The van der Waals surface area contributed by atoms with Crippen LogP contribution in [-0.4, -0.2) is 54.5 Å². The zero-order chi connectivity index (χ0) is 24.1. The quantitative estimate of drug-likeness (QED) is 0.466. The summed E-state index contributed by atoms with van der Waals surface area (Å²) in [6.45, 7) is 4.83. The van der Waals surface area contributed by atoms with E-state index in [9.17, 15) is 9.59 Å². The van der Waals surface area contributed by atoms with E-state index < -0.39 is 0 Å². The Hall–Kier alpha value is -3.32. The Kier molecular flexibility index (Phi) is 7.53. The minimum atomic E-state index is -0.191. The first-order valence-corrected chi connectivity index (χ1v) is 12.3. The van der Waals surface area contributed by atoms with Crippen LogP contribution in [0.4, 0.5) is 0 Å². The number of methoxy groups -OCH3 is 1. The van der Waals surface area contributed by atoms with E-state index in [1.807, 2.05) is 49.1 Å². The number of hydrogen-bond acceptors (Lipinski definition) is 5. The molecule has 0 radical (unpaired) electrons. The van der Waals surface area contributed by atoms with E-state index in [4.69, 9.17) is 9.47 Å². The maximum Gasteiger partial charge on any atom is 0.254 e. The Morgan fingerprint density at radius 3 is 2.59 bits per heavy atom. The Bertz CT molecular complexity index is 1130. The molecule has 0 unspecified atom stereocenters. The van der Waals surface area contributed by atoms with E-state index in [1.165, 1.54) is 4.88 Å². The SMILES string of the molecule is COc1cccc(C(=O)N(CC(=O)N2CCc3sccc3[C@H]2COc2ccccc2)C(C)C)c1. The average Bonchev–Trinajstić information content (AvgIpc) is 3.35. The Balaban J connectivity index is 1.53. The predicted octanol–water partition coefficient (Wildman–Crippen LogP) is 4.81. The van der Waals surface area contributed by atoms with E-state index in [0.29, 0.717) is 24.5 Å². The highest BCUT2D eigenvalue weighted by molar-refractivity contribution is 7.10. The number of nitrogens with zero attached hydrogens (tertiary/aromatic N) is 2. The van der Waals surface area contributed by atoms with Crippen LogP contribution in [0.5, 0.6) is 11.5 Å². The summed E-state index contributed by atoms with van der Waals surface area (Å²) < 4.78 is 11.3. The first-order chi connectivity index (χ1) is 16.5. The van der Waals surface area contributed by atoms with E-state index >= 15 is 0 Å². The lowest BCUT2D eigenvalue weighted by Crippen LogP contribution is -2.49. The van der Waals surface area contributed by atoms with Gasteiger partial charge in [-0.1, -0.05) is 24.3 Å². The standard InChI is InChI=1S/C27H30N2O4S/c1-19(2)29(27(31)20-8-7-11-22(16-20)32-3)17-26(30)28-14-12-25-23(13-15-34-25)24(28)18-33-21-9-5-4-6-10-21/h4-11,13,15-16,19,24H,12,14,17-18H2,1-3H3/t24-/m1/s1. The zero-order valence-electron chi connectivity index (χ0n) is 19.8. The van der Waals surface area contributed by atoms with E-state index in [1.54, 1.807) is 47.6 Å². The van der Waals surface area contributed by atoms with Gasteiger partial charge in [0.15, 0.2) is 0 Å². The van der Waals surface area contributed by atoms with Crippen LogP contribution in [0.25, 0.3) is 0 Å². The highest BCUT2D eigenvalue weighted by Gasteiger charge is 2.34. The molecule has 0 saturated heterocycles. The van der Waals surface area contributed by atoms with Crippen molar-refractivity contribution in [2.75, 3.05) is 26.8 Å². The molecule has 7 heteroatoms. The van der Waals surface area contributed by atoms with Gasteiger partial charge in [0.05, 0.1) is 13.2 Å². The summed E-state index contributed by atoms with van der Waals surface area (Å²) in [7, 11) is 1.57. The van der Waals surface area contributed by atoms with Crippen molar-refractivity contribution in [1.29, 1.82) is 0 Å². The van der Waals surface area contributed by atoms with Crippen LogP contribution in [0, 0.1) is 0 Å². The lowest BCUT2D eigenvalue weighted by molar-refractivity contribution is -0.136. The molecule has 0 bridgehead atoms. The van der Waals surface area contributed by atoms with Crippen LogP contribution >= 0.6 is 11.3 Å². The van der Waals surface area contributed by atoms with Crippen LogP contribution < -0.4 is 9.47 Å². The van der Waals surface area contributed by atoms with Gasteiger partial charge >= 0.3 is 0 Å². The van der Waals surface area contributed by atoms with Crippen molar-refractivity contribution in [1.82, 2.24) is 9.80 Å². The second kappa shape index (κ2) is 10.7. The molecule has 1 aromatic heterocycles. The van der Waals surface area contributed by atoms with Crippen molar-refractivity contribution < 1.29 is 19.1 Å². The Labute approximate surface area is 204 Å². The van der Waals surface area contributed by atoms with Gasteiger partial charge in [0.1, 0.15) is 24.7 Å². The number of rotatable bonds is 8. The largest absolute Gasteiger partial charge is 0.497 e. The summed E-state index contributed by atoms with van der Waals surface area (Å²) in [5.74, 6) is 1.12. The number of para-hydroxylation sites is 1. The molecule has 1 aliphatic heterocycles. The molecule has 0 saturated carbocycles. The van der Waals surface area contributed by atoms with Crippen molar-refractivity contribution in [2.24, 2.45) is 0 Å². The van der Waals surface area contributed by atoms with Crippen LogP contribution in [0.3, 0.4) is 0 Å². The molecule has 6 nitrogen and oxygen atoms in total. The number of amides is 2. The summed E-state index contributed by atoms with van der Waals surface area (Å²) in [5.41, 5.74) is 1.64. The Morgan fingerprint density at radius 2 is 1.85 bits per heavy atom. The fourth-order valence-corrected chi connectivity index (χ4v) is 5.14. The fourth-order valence-electron chi connectivity index (χ4n) is 4.21. The number of carbonyl (C=O) groups is 2. The van der Waals surface area contributed by atoms with Gasteiger partial charge in [0, 0.05) is 23.0 Å². The molecule has 4 rings (SSSR count). The third-order valence-electron chi connectivity index (χ3n) is 6.07. The van der Waals surface area contributed by atoms with Gasteiger partial charge in [-0.05, 0) is 67.6 Å². The summed E-state index contributed by atoms with van der Waals surface area (Å²) in [5, 5.41) is 2.07. The molecule has 1 atom stereocenters. The van der Waals surface area contributed by atoms with E-state index in [2.05, 4.69) is 11.4 Å². The third kappa shape index (κ3) is 5.25. The summed E-state index contributed by atoms with van der Waals surface area (Å²) in [4.78, 5) is 31.7. The fraction of sp³-hybridized carbons (Fsp3) is 0.333. The van der Waals surface area contributed by atoms with E-state index in [-0.39, 0.29) is 30.4 Å². The maximum absolute atomic E-state index is 13.6. The number of carbonyl (C=O) groups excluding carboxylic acids is 2.